The van der Waals surface area contributed by atoms with E-state index in [9.17, 15) is 4.79 Å². The lowest BCUT2D eigenvalue weighted by Gasteiger charge is -2.04. The van der Waals surface area contributed by atoms with E-state index in [0.29, 0.717) is 22.1 Å². The van der Waals surface area contributed by atoms with Gasteiger partial charge < -0.3 is 5.73 Å². The highest BCUT2D eigenvalue weighted by atomic mass is 32.1. The molecule has 1 heterocycles. The van der Waals surface area contributed by atoms with Crippen LogP contribution in [0, 0.1) is 0 Å². The summed E-state index contributed by atoms with van der Waals surface area (Å²) in [5.74, 6) is -0.185. The fourth-order valence-corrected chi connectivity index (χ4v) is 2.17. The van der Waals surface area contributed by atoms with Crippen LogP contribution in [0.3, 0.4) is 0 Å². The number of nitrogens with one attached hydrogen (secondary N) is 1. The summed E-state index contributed by atoms with van der Waals surface area (Å²) in [7, 11) is 0. The Morgan fingerprint density at radius 2 is 2.33 bits per heavy atom. The maximum Gasteiger partial charge on any atom is 0.257 e. The number of thiocarbonyl (C=S) groups is 1. The number of nitrogens with two attached hydrogens (primary N) is 1. The minimum absolute atomic E-state index is 0.185. The zero-order valence-electron chi connectivity index (χ0n) is 9.42. The number of nitrogens with zero attached hydrogens (tertiary/aromatic N) is 1. The third-order valence-corrected chi connectivity index (χ3v) is 3.05. The third kappa shape index (κ3) is 3.35. The van der Waals surface area contributed by atoms with Crippen molar-refractivity contribution in [2.75, 3.05) is 5.32 Å². The highest BCUT2D eigenvalue weighted by Gasteiger charge is 2.08. The summed E-state index contributed by atoms with van der Waals surface area (Å²) in [6, 6.07) is 7.22. The molecule has 1 aromatic carbocycles. The van der Waals surface area contributed by atoms with Gasteiger partial charge in [-0.2, -0.15) is 0 Å². The summed E-state index contributed by atoms with van der Waals surface area (Å²) >= 11 is 6.23. The van der Waals surface area contributed by atoms with E-state index in [1.165, 1.54) is 11.3 Å². The van der Waals surface area contributed by atoms with E-state index in [1.807, 2.05) is 12.1 Å². The number of carbonyl (C=O) groups is 1. The van der Waals surface area contributed by atoms with Gasteiger partial charge in [-0.15, -0.1) is 11.3 Å². The topological polar surface area (TPSA) is 68.0 Å². The Balaban J connectivity index is 2.12. The molecular weight excluding hydrogens is 266 g/mol. The summed E-state index contributed by atoms with van der Waals surface area (Å²) in [6.45, 7) is 0. The first kappa shape index (κ1) is 12.7. The SMILES string of the molecule is NC(=S)Cc1cccc(C(=O)Nc2nccs2)c1. The molecule has 1 aromatic heterocycles. The average molecular weight is 277 g/mol. The van der Waals surface area contributed by atoms with Gasteiger partial charge in [-0.05, 0) is 17.7 Å². The standard InChI is InChI=1S/C12H11N3OS2/c13-10(17)7-8-2-1-3-9(6-8)11(16)15-12-14-4-5-18-12/h1-6H,7H2,(H2,13,17)(H,14,15,16). The number of benzene rings is 1. The average Bonchev–Trinajstić information content (AvgIpc) is 2.81. The van der Waals surface area contributed by atoms with Crippen LogP contribution in [0.25, 0.3) is 0 Å². The van der Waals surface area contributed by atoms with Crippen molar-refractivity contribution in [3.05, 3.63) is 47.0 Å². The smallest absolute Gasteiger partial charge is 0.257 e. The maximum absolute atomic E-state index is 11.9. The molecule has 4 nitrogen and oxygen atoms in total. The summed E-state index contributed by atoms with van der Waals surface area (Å²) in [6.07, 6.45) is 2.14. The Labute approximate surface area is 114 Å². The Morgan fingerprint density at radius 1 is 1.50 bits per heavy atom. The third-order valence-electron chi connectivity index (χ3n) is 2.22. The fourth-order valence-electron chi connectivity index (χ4n) is 1.48. The number of amides is 1. The Kier molecular flexibility index (Phi) is 4.01. The van der Waals surface area contributed by atoms with Gasteiger partial charge in [0.15, 0.2) is 5.13 Å². The number of thiazole rings is 1. The van der Waals surface area contributed by atoms with Crippen LogP contribution in [0.2, 0.25) is 0 Å². The van der Waals surface area contributed by atoms with Crippen molar-refractivity contribution in [1.29, 1.82) is 0 Å². The van der Waals surface area contributed by atoms with Crippen molar-refractivity contribution in [1.82, 2.24) is 4.98 Å². The molecule has 0 aliphatic heterocycles. The molecule has 2 aromatic rings. The number of aromatic nitrogens is 1. The van der Waals surface area contributed by atoms with Crippen molar-refractivity contribution < 1.29 is 4.79 Å². The van der Waals surface area contributed by atoms with E-state index in [0.717, 1.165) is 5.56 Å². The van der Waals surface area contributed by atoms with Crippen molar-refractivity contribution in [2.45, 2.75) is 6.42 Å². The molecule has 0 saturated carbocycles. The van der Waals surface area contributed by atoms with Gasteiger partial charge in [0.2, 0.25) is 0 Å². The summed E-state index contributed by atoms with van der Waals surface area (Å²) < 4.78 is 0. The first-order chi connectivity index (χ1) is 8.65. The first-order valence-electron chi connectivity index (χ1n) is 5.23. The van der Waals surface area contributed by atoms with Gasteiger partial charge in [0.1, 0.15) is 0 Å². The van der Waals surface area contributed by atoms with Crippen LogP contribution in [-0.2, 0) is 6.42 Å². The number of rotatable bonds is 4. The predicted octanol–water partition coefficient (Wildman–Crippen LogP) is 2.22. The highest BCUT2D eigenvalue weighted by molar-refractivity contribution is 7.80. The van der Waals surface area contributed by atoms with E-state index in [2.05, 4.69) is 10.3 Å². The van der Waals surface area contributed by atoms with Gasteiger partial charge in [0.25, 0.3) is 5.91 Å². The lowest BCUT2D eigenvalue weighted by molar-refractivity contribution is 0.102. The zero-order valence-corrected chi connectivity index (χ0v) is 11.1. The highest BCUT2D eigenvalue weighted by Crippen LogP contribution is 2.13. The molecular formula is C12H11N3OS2. The quantitative estimate of drug-likeness (QED) is 0.841. The lowest BCUT2D eigenvalue weighted by atomic mass is 10.1. The van der Waals surface area contributed by atoms with Crippen LogP contribution in [0.15, 0.2) is 35.8 Å². The molecule has 0 saturated heterocycles. The second kappa shape index (κ2) is 5.70. The van der Waals surface area contributed by atoms with Gasteiger partial charge in [-0.1, -0.05) is 24.4 Å². The summed E-state index contributed by atoms with van der Waals surface area (Å²) in [5.41, 5.74) is 6.98. The molecule has 0 spiro atoms. The summed E-state index contributed by atoms with van der Waals surface area (Å²) in [4.78, 5) is 16.3. The van der Waals surface area contributed by atoms with E-state index in [-0.39, 0.29) is 5.91 Å². The molecule has 0 bridgehead atoms. The lowest BCUT2D eigenvalue weighted by Crippen LogP contribution is -2.14. The molecule has 3 N–H and O–H groups in total. The molecule has 1 amide bonds. The van der Waals surface area contributed by atoms with Crippen molar-refractivity contribution >= 4 is 39.6 Å². The first-order valence-corrected chi connectivity index (χ1v) is 6.52. The van der Waals surface area contributed by atoms with Gasteiger partial charge in [-0.3, -0.25) is 10.1 Å². The molecule has 2 rings (SSSR count). The predicted molar refractivity (Wildman–Crippen MR) is 77.0 cm³/mol. The molecule has 0 unspecified atom stereocenters. The second-order valence-electron chi connectivity index (χ2n) is 3.63. The van der Waals surface area contributed by atoms with Crippen LogP contribution in [0.4, 0.5) is 5.13 Å². The van der Waals surface area contributed by atoms with Crippen molar-refractivity contribution in [3.8, 4) is 0 Å². The normalized spacial score (nSPS) is 10.0. The van der Waals surface area contributed by atoms with E-state index >= 15 is 0 Å². The number of hydrogen-bond donors (Lipinski definition) is 2. The van der Waals surface area contributed by atoms with Gasteiger partial charge in [-0.25, -0.2) is 4.98 Å². The van der Waals surface area contributed by atoms with E-state index in [4.69, 9.17) is 18.0 Å². The molecule has 0 radical (unpaired) electrons. The van der Waals surface area contributed by atoms with E-state index in [1.54, 1.807) is 23.7 Å². The molecule has 0 aliphatic carbocycles. The molecule has 0 atom stereocenters. The van der Waals surface area contributed by atoms with Gasteiger partial charge in [0.05, 0.1) is 4.99 Å². The molecule has 18 heavy (non-hydrogen) atoms. The Hall–Kier alpha value is -1.79. The molecule has 0 fully saturated rings. The Bertz CT molecular complexity index is 566. The second-order valence-corrected chi connectivity index (χ2v) is 5.05. The van der Waals surface area contributed by atoms with Crippen LogP contribution in [-0.4, -0.2) is 15.9 Å². The van der Waals surface area contributed by atoms with Crippen LogP contribution in [0.5, 0.6) is 0 Å². The molecule has 6 heteroatoms. The van der Waals surface area contributed by atoms with Crippen LogP contribution in [0.1, 0.15) is 15.9 Å². The van der Waals surface area contributed by atoms with Crippen molar-refractivity contribution in [3.63, 3.8) is 0 Å². The van der Waals surface area contributed by atoms with E-state index < -0.39 is 0 Å². The Morgan fingerprint density at radius 3 is 3.00 bits per heavy atom. The largest absolute Gasteiger partial charge is 0.393 e. The molecule has 92 valence electrons. The monoisotopic (exact) mass is 277 g/mol. The van der Waals surface area contributed by atoms with Gasteiger partial charge >= 0.3 is 0 Å². The minimum Gasteiger partial charge on any atom is -0.393 e. The maximum atomic E-state index is 11.9. The number of carbonyl (C=O) groups excluding carboxylic acids is 1. The van der Waals surface area contributed by atoms with Crippen molar-refractivity contribution in [2.24, 2.45) is 5.73 Å². The number of anilines is 1. The van der Waals surface area contributed by atoms with Gasteiger partial charge in [0, 0.05) is 23.6 Å². The number of hydrogen-bond acceptors (Lipinski definition) is 4. The summed E-state index contributed by atoms with van der Waals surface area (Å²) in [5, 5.41) is 5.11. The van der Waals surface area contributed by atoms with Crippen LogP contribution >= 0.6 is 23.6 Å². The fraction of sp³-hybridized carbons (Fsp3) is 0.0833. The molecule has 0 aliphatic rings. The zero-order chi connectivity index (χ0) is 13.0. The van der Waals surface area contributed by atoms with Crippen LogP contribution < -0.4 is 11.1 Å². The minimum atomic E-state index is -0.185.